The summed E-state index contributed by atoms with van der Waals surface area (Å²) in [7, 11) is 0. The van der Waals surface area contributed by atoms with Gasteiger partial charge < -0.3 is 19.1 Å². The maximum absolute atomic E-state index is 13.8. The Labute approximate surface area is 278 Å². The van der Waals surface area contributed by atoms with Crippen LogP contribution in [0.5, 0.6) is 0 Å². The van der Waals surface area contributed by atoms with Gasteiger partial charge in [0.2, 0.25) is 0 Å². The van der Waals surface area contributed by atoms with Gasteiger partial charge in [0.15, 0.2) is 5.69 Å². The van der Waals surface area contributed by atoms with Crippen LogP contribution in [0.1, 0.15) is 76.4 Å². The Morgan fingerprint density at radius 2 is 1.87 bits per heavy atom. The van der Waals surface area contributed by atoms with E-state index in [0.717, 1.165) is 62.9 Å². The lowest BCUT2D eigenvalue weighted by atomic mass is 9.71. The van der Waals surface area contributed by atoms with Crippen molar-refractivity contribution < 1.29 is 28.6 Å². The van der Waals surface area contributed by atoms with Crippen molar-refractivity contribution in [1.29, 1.82) is 0 Å². The van der Waals surface area contributed by atoms with Crippen molar-refractivity contribution in [3.05, 3.63) is 47.8 Å². The van der Waals surface area contributed by atoms with Crippen LogP contribution in [0.15, 0.2) is 36.5 Å². The maximum atomic E-state index is 13.8. The van der Waals surface area contributed by atoms with Gasteiger partial charge in [-0.2, -0.15) is 0 Å². The number of aryl methyl sites for hydroxylation is 1. The molecule has 2 N–H and O–H groups in total. The number of benzene rings is 1. The highest BCUT2D eigenvalue weighted by Crippen LogP contribution is 2.40. The summed E-state index contributed by atoms with van der Waals surface area (Å²) in [6.45, 7) is 13.9. The zero-order valence-electron chi connectivity index (χ0n) is 28.6. The van der Waals surface area contributed by atoms with Crippen molar-refractivity contribution in [2.75, 3.05) is 57.8 Å². The lowest BCUT2D eigenvalue weighted by molar-refractivity contribution is -0.144. The number of ether oxygens (including phenoxy) is 3. The molecular weight excluding hydrogens is 598 g/mol. The van der Waals surface area contributed by atoms with Gasteiger partial charge >= 0.3 is 12.1 Å². The van der Waals surface area contributed by atoms with E-state index in [1.807, 2.05) is 24.0 Å². The van der Waals surface area contributed by atoms with Crippen LogP contribution >= 0.6 is 0 Å². The molecule has 256 valence electrons. The predicted molar refractivity (Wildman–Crippen MR) is 180 cm³/mol. The minimum atomic E-state index is -0.689. The quantitative estimate of drug-likeness (QED) is 0.346. The summed E-state index contributed by atoms with van der Waals surface area (Å²) < 4.78 is 17.1. The summed E-state index contributed by atoms with van der Waals surface area (Å²) in [6, 6.07) is 9.97. The van der Waals surface area contributed by atoms with Crippen LogP contribution in [0, 0.1) is 5.92 Å². The number of carbonyl (C=O) groups excluding carboxylic acids is 3. The molecule has 3 atom stereocenters. The molecule has 1 saturated carbocycles. The molecular formula is C36H51N5O6. The second-order valence-electron chi connectivity index (χ2n) is 14.0. The number of esters is 1. The summed E-state index contributed by atoms with van der Waals surface area (Å²) in [6.07, 6.45) is 6.31. The molecule has 0 spiro atoms. The number of anilines is 1. The second-order valence-corrected chi connectivity index (χ2v) is 14.0. The Hall–Kier alpha value is -3.54. The monoisotopic (exact) mass is 649 g/mol. The van der Waals surface area contributed by atoms with Crippen molar-refractivity contribution in [3.63, 3.8) is 0 Å². The number of nitrogens with one attached hydrogen (secondary N) is 2. The number of amides is 2. The molecule has 3 fully saturated rings. The summed E-state index contributed by atoms with van der Waals surface area (Å²) in [5.41, 5.74) is 2.64. The lowest BCUT2D eigenvalue weighted by Crippen LogP contribution is -2.61. The predicted octanol–water partition coefficient (Wildman–Crippen LogP) is 4.90. The highest BCUT2D eigenvalue weighted by atomic mass is 16.6. The zero-order valence-corrected chi connectivity index (χ0v) is 28.6. The van der Waals surface area contributed by atoms with Crippen LogP contribution in [0.4, 0.5) is 10.5 Å². The van der Waals surface area contributed by atoms with Crippen LogP contribution in [0.2, 0.25) is 0 Å². The first kappa shape index (κ1) is 34.8. The van der Waals surface area contributed by atoms with Gasteiger partial charge in [0.25, 0.3) is 5.91 Å². The third-order valence-electron chi connectivity index (χ3n) is 9.39. The molecule has 5 rings (SSSR count). The SMILES string of the molecule is CCOC(=O)CNC12CCCC(C1)C(CN1CCN(C(=O)c3ncc(-c4cccc(CC)c4)cc3NC(=O)OC(C)(C)C)CC1)OC2. The molecule has 1 aromatic heterocycles. The first-order valence-electron chi connectivity index (χ1n) is 17.1. The highest BCUT2D eigenvalue weighted by molar-refractivity contribution is 6.01. The van der Waals surface area contributed by atoms with Crippen molar-refractivity contribution in [2.24, 2.45) is 5.92 Å². The van der Waals surface area contributed by atoms with Crippen LogP contribution in [-0.4, -0.2) is 102 Å². The van der Waals surface area contributed by atoms with Gasteiger partial charge in [-0.25, -0.2) is 9.78 Å². The van der Waals surface area contributed by atoms with Gasteiger partial charge in [-0.05, 0) is 76.5 Å². The number of hydrogen-bond acceptors (Lipinski definition) is 9. The number of aromatic nitrogens is 1. The van der Waals surface area contributed by atoms with Crippen molar-refractivity contribution in [1.82, 2.24) is 20.1 Å². The van der Waals surface area contributed by atoms with Gasteiger partial charge in [-0.3, -0.25) is 25.1 Å². The fraction of sp³-hybridized carbons (Fsp3) is 0.611. The zero-order chi connectivity index (χ0) is 33.6. The van der Waals surface area contributed by atoms with Gasteiger partial charge in [0.1, 0.15) is 5.60 Å². The molecule has 2 saturated heterocycles. The minimum Gasteiger partial charge on any atom is -0.465 e. The molecule has 2 aromatic rings. The molecule has 2 aliphatic heterocycles. The van der Waals surface area contributed by atoms with E-state index in [-0.39, 0.29) is 35.8 Å². The average molecular weight is 650 g/mol. The third-order valence-corrected chi connectivity index (χ3v) is 9.39. The molecule has 1 aliphatic carbocycles. The van der Waals surface area contributed by atoms with Gasteiger partial charge in [-0.1, -0.05) is 37.6 Å². The van der Waals surface area contributed by atoms with Crippen molar-refractivity contribution in [3.8, 4) is 11.1 Å². The maximum Gasteiger partial charge on any atom is 0.412 e. The molecule has 3 unspecified atom stereocenters. The summed E-state index contributed by atoms with van der Waals surface area (Å²) in [4.78, 5) is 47.4. The van der Waals surface area contributed by atoms with E-state index in [2.05, 4.69) is 39.6 Å². The summed E-state index contributed by atoms with van der Waals surface area (Å²) in [5.74, 6) is -0.0171. The molecule has 11 heteroatoms. The number of hydrogen-bond donors (Lipinski definition) is 2. The van der Waals surface area contributed by atoms with E-state index < -0.39 is 11.7 Å². The number of pyridine rings is 1. The lowest BCUT2D eigenvalue weighted by Gasteiger charge is -2.50. The van der Waals surface area contributed by atoms with Crippen LogP contribution in [-0.2, 0) is 25.4 Å². The Morgan fingerprint density at radius 1 is 1.09 bits per heavy atom. The first-order chi connectivity index (χ1) is 22.5. The fourth-order valence-corrected chi connectivity index (χ4v) is 6.96. The normalized spacial score (nSPS) is 23.2. The summed E-state index contributed by atoms with van der Waals surface area (Å²) in [5, 5.41) is 6.26. The Morgan fingerprint density at radius 3 is 2.60 bits per heavy atom. The smallest absolute Gasteiger partial charge is 0.412 e. The first-order valence-corrected chi connectivity index (χ1v) is 17.1. The van der Waals surface area contributed by atoms with E-state index in [1.165, 1.54) is 5.56 Å². The fourth-order valence-electron chi connectivity index (χ4n) is 6.96. The van der Waals surface area contributed by atoms with Gasteiger partial charge in [0.05, 0.1) is 31.5 Å². The van der Waals surface area contributed by atoms with E-state index in [9.17, 15) is 14.4 Å². The number of carbonyl (C=O) groups is 3. The van der Waals surface area contributed by atoms with Gasteiger partial charge in [0, 0.05) is 50.0 Å². The topological polar surface area (TPSA) is 122 Å². The van der Waals surface area contributed by atoms with Crippen LogP contribution < -0.4 is 10.6 Å². The van der Waals surface area contributed by atoms with Gasteiger partial charge in [-0.15, -0.1) is 0 Å². The van der Waals surface area contributed by atoms with Crippen molar-refractivity contribution in [2.45, 2.75) is 84.0 Å². The largest absolute Gasteiger partial charge is 0.465 e. The second kappa shape index (κ2) is 15.1. The Balaban J connectivity index is 1.21. The van der Waals surface area contributed by atoms with Crippen LogP contribution in [0.3, 0.4) is 0 Å². The van der Waals surface area contributed by atoms with E-state index in [4.69, 9.17) is 14.2 Å². The standard InChI is InChI=1S/C36H51N5O6/c1-6-25-10-8-11-26(18-25)28-19-29(39-34(44)47-35(3,4)5)32(37-21-28)33(43)41-16-14-40(15-17-41)23-30-27-12-9-13-36(20-27,24-46-30)38-22-31(42)45-7-2/h8,10-11,18-19,21,27,30,38H,6-7,9,12-17,20,22-24H2,1-5H3,(H,39,44). The molecule has 11 nitrogen and oxygen atoms in total. The van der Waals surface area contributed by atoms with E-state index in [0.29, 0.717) is 37.9 Å². The third kappa shape index (κ3) is 9.09. The molecule has 47 heavy (non-hydrogen) atoms. The molecule has 2 bridgehead atoms. The summed E-state index contributed by atoms with van der Waals surface area (Å²) >= 11 is 0. The number of nitrogens with zero attached hydrogens (tertiary/aromatic N) is 3. The number of rotatable bonds is 10. The highest BCUT2D eigenvalue weighted by Gasteiger charge is 2.45. The molecule has 2 amide bonds. The molecule has 0 radical (unpaired) electrons. The minimum absolute atomic E-state index is 0.125. The van der Waals surface area contributed by atoms with Crippen molar-refractivity contribution >= 4 is 23.7 Å². The molecule has 1 aromatic carbocycles. The number of fused-ring (bicyclic) bond motifs is 2. The number of piperazine rings is 1. The van der Waals surface area contributed by atoms with E-state index >= 15 is 0 Å². The Kier molecular flexibility index (Phi) is 11.2. The average Bonchev–Trinajstić information content (AvgIpc) is 3.05. The van der Waals surface area contributed by atoms with Crippen LogP contribution in [0.25, 0.3) is 11.1 Å². The molecule has 3 aliphatic rings. The molecule has 3 heterocycles. The Bertz CT molecular complexity index is 1420. The van der Waals surface area contributed by atoms with E-state index in [1.54, 1.807) is 33.0 Å².